The first-order chi connectivity index (χ1) is 17.2. The van der Waals surface area contributed by atoms with Crippen molar-refractivity contribution in [1.82, 2.24) is 9.88 Å². The van der Waals surface area contributed by atoms with E-state index in [1.54, 1.807) is 31.3 Å². The molecule has 184 valence electrons. The summed E-state index contributed by atoms with van der Waals surface area (Å²) in [4.78, 5) is 32.4. The second-order valence-electron chi connectivity index (χ2n) is 9.51. The number of fused-ring (bicyclic) bond motifs is 1. The zero-order valence-corrected chi connectivity index (χ0v) is 21.0. The van der Waals surface area contributed by atoms with Gasteiger partial charge in [-0.05, 0) is 49.6 Å². The highest BCUT2D eigenvalue weighted by Gasteiger charge is 2.71. The third-order valence-corrected chi connectivity index (χ3v) is 9.78. The van der Waals surface area contributed by atoms with E-state index in [0.29, 0.717) is 11.3 Å². The molecule has 0 aliphatic carbocycles. The number of sulfone groups is 1. The van der Waals surface area contributed by atoms with Crippen molar-refractivity contribution in [2.24, 2.45) is 0 Å². The lowest BCUT2D eigenvalue weighted by Crippen LogP contribution is -2.59. The lowest BCUT2D eigenvalue weighted by Gasteiger charge is -2.39. The Morgan fingerprint density at radius 1 is 0.944 bits per heavy atom. The van der Waals surface area contributed by atoms with Crippen LogP contribution in [0.2, 0.25) is 0 Å². The number of benzene rings is 2. The minimum absolute atomic E-state index is 0.153. The molecule has 3 aromatic rings. The van der Waals surface area contributed by atoms with Crippen LogP contribution in [0.15, 0.2) is 90.6 Å². The van der Waals surface area contributed by atoms with Crippen molar-refractivity contribution in [3.8, 4) is 0 Å². The Balaban J connectivity index is 1.53. The number of ether oxygens (including phenoxy) is 1. The Bertz CT molecular complexity index is 1410. The summed E-state index contributed by atoms with van der Waals surface area (Å²) in [7, 11) is -3.94. The molecular formula is C28H26N2O5S. The van der Waals surface area contributed by atoms with Gasteiger partial charge in [0, 0.05) is 6.20 Å². The van der Waals surface area contributed by atoms with E-state index in [1.165, 1.54) is 13.8 Å². The van der Waals surface area contributed by atoms with Gasteiger partial charge in [-0.2, -0.15) is 0 Å². The number of amides is 1. The lowest BCUT2D eigenvalue weighted by atomic mass is 9.92. The maximum atomic E-state index is 13.7. The van der Waals surface area contributed by atoms with Gasteiger partial charge in [0.1, 0.15) is 4.75 Å². The number of allylic oxidation sites excluding steroid dienone is 1. The molecule has 3 heterocycles. The largest absolute Gasteiger partial charge is 0.451 e. The quantitative estimate of drug-likeness (QED) is 0.298. The summed E-state index contributed by atoms with van der Waals surface area (Å²) in [5.41, 5.74) is 2.65. The number of β-lactam (4-membered cyclic amide) rings is 1. The first kappa shape index (κ1) is 23.9. The fourth-order valence-electron chi connectivity index (χ4n) is 4.99. The molecule has 2 atom stereocenters. The van der Waals surface area contributed by atoms with Gasteiger partial charge in [-0.25, -0.2) is 13.2 Å². The number of esters is 1. The Labute approximate surface area is 210 Å². The van der Waals surface area contributed by atoms with Gasteiger partial charge in [0.25, 0.3) is 5.91 Å². The molecule has 0 saturated carbocycles. The molecule has 0 bridgehead atoms. The van der Waals surface area contributed by atoms with Crippen molar-refractivity contribution in [2.75, 3.05) is 0 Å². The van der Waals surface area contributed by atoms with Crippen molar-refractivity contribution in [3.05, 3.63) is 107 Å². The Hall–Kier alpha value is -3.78. The van der Waals surface area contributed by atoms with Gasteiger partial charge in [0.2, 0.25) is 0 Å². The SMILES string of the molecule is C/C(=C1\C(=O)N2C1S(=O)(=O)C(C)(C)[C@@H]2C(=O)OC(c1ccccc1)c1ccccc1)c1ccccn1. The smallest absolute Gasteiger partial charge is 0.331 e. The molecule has 1 unspecified atom stereocenters. The summed E-state index contributed by atoms with van der Waals surface area (Å²) in [6, 6.07) is 22.4. The molecular weight excluding hydrogens is 476 g/mol. The summed E-state index contributed by atoms with van der Waals surface area (Å²) in [6.07, 6.45) is 0.833. The summed E-state index contributed by atoms with van der Waals surface area (Å²) in [5, 5.41) is -1.22. The first-order valence-electron chi connectivity index (χ1n) is 11.6. The molecule has 0 N–H and O–H groups in total. The molecule has 5 rings (SSSR count). The molecule has 2 aliphatic rings. The van der Waals surface area contributed by atoms with Gasteiger partial charge < -0.3 is 9.64 Å². The number of rotatable bonds is 5. The minimum atomic E-state index is -3.94. The van der Waals surface area contributed by atoms with Gasteiger partial charge in [-0.3, -0.25) is 9.78 Å². The highest BCUT2D eigenvalue weighted by atomic mass is 32.2. The van der Waals surface area contributed by atoms with E-state index in [0.717, 1.165) is 16.0 Å². The van der Waals surface area contributed by atoms with Crippen LogP contribution in [0.1, 0.15) is 43.7 Å². The van der Waals surface area contributed by atoms with E-state index in [2.05, 4.69) is 4.98 Å². The van der Waals surface area contributed by atoms with E-state index in [4.69, 9.17) is 4.74 Å². The van der Waals surface area contributed by atoms with Crippen molar-refractivity contribution in [1.29, 1.82) is 0 Å². The number of carbonyl (C=O) groups is 2. The van der Waals surface area contributed by atoms with Crippen LogP contribution in [0, 0.1) is 0 Å². The van der Waals surface area contributed by atoms with E-state index in [1.807, 2.05) is 60.7 Å². The van der Waals surface area contributed by atoms with Crippen molar-refractivity contribution >= 4 is 27.3 Å². The molecule has 2 saturated heterocycles. The van der Waals surface area contributed by atoms with Crippen LogP contribution in [0.25, 0.3) is 5.57 Å². The second-order valence-corrected chi connectivity index (χ2v) is 12.1. The van der Waals surface area contributed by atoms with E-state index in [9.17, 15) is 18.0 Å². The van der Waals surface area contributed by atoms with E-state index >= 15 is 0 Å². The third kappa shape index (κ3) is 3.55. The van der Waals surface area contributed by atoms with Crippen LogP contribution in [-0.4, -0.2) is 46.3 Å². The molecule has 2 fully saturated rings. The predicted octanol–water partition coefficient (Wildman–Crippen LogP) is 3.93. The highest BCUT2D eigenvalue weighted by molar-refractivity contribution is 7.94. The Morgan fingerprint density at radius 2 is 1.50 bits per heavy atom. The maximum absolute atomic E-state index is 13.7. The topological polar surface area (TPSA) is 93.6 Å². The molecule has 0 radical (unpaired) electrons. The van der Waals surface area contributed by atoms with Gasteiger partial charge in [0.05, 0.1) is 11.3 Å². The van der Waals surface area contributed by atoms with Crippen LogP contribution in [-0.2, 0) is 24.2 Å². The summed E-state index contributed by atoms with van der Waals surface area (Å²) in [6.45, 7) is 4.64. The zero-order chi connectivity index (χ0) is 25.7. The minimum Gasteiger partial charge on any atom is -0.451 e. The number of hydrogen-bond donors (Lipinski definition) is 0. The molecule has 1 amide bonds. The molecule has 8 heteroatoms. The van der Waals surface area contributed by atoms with E-state index < -0.39 is 44.0 Å². The fourth-order valence-corrected chi connectivity index (χ4v) is 7.19. The van der Waals surface area contributed by atoms with Gasteiger partial charge >= 0.3 is 5.97 Å². The average Bonchev–Trinajstić information content (AvgIpc) is 3.03. The number of hydrogen-bond acceptors (Lipinski definition) is 6. The van der Waals surface area contributed by atoms with Crippen LogP contribution >= 0.6 is 0 Å². The number of pyridine rings is 1. The monoisotopic (exact) mass is 502 g/mol. The first-order valence-corrected chi connectivity index (χ1v) is 13.2. The lowest BCUT2D eigenvalue weighted by molar-refractivity contribution is -0.160. The summed E-state index contributed by atoms with van der Waals surface area (Å²) < 4.78 is 31.7. The summed E-state index contributed by atoms with van der Waals surface area (Å²) >= 11 is 0. The van der Waals surface area contributed by atoms with Crippen molar-refractivity contribution < 1.29 is 22.7 Å². The predicted molar refractivity (Wildman–Crippen MR) is 135 cm³/mol. The highest BCUT2D eigenvalue weighted by Crippen LogP contribution is 2.50. The van der Waals surface area contributed by atoms with Crippen LogP contribution in [0.4, 0.5) is 0 Å². The third-order valence-electron chi connectivity index (χ3n) is 7.04. The Kier molecular flexibility index (Phi) is 5.79. The van der Waals surface area contributed by atoms with Crippen LogP contribution < -0.4 is 0 Å². The Morgan fingerprint density at radius 3 is 2.03 bits per heavy atom. The fraction of sp³-hybridized carbons (Fsp3) is 0.250. The van der Waals surface area contributed by atoms with Crippen molar-refractivity contribution in [3.63, 3.8) is 0 Å². The number of carbonyl (C=O) groups excluding carboxylic acids is 2. The standard InChI is InChI=1S/C28H26N2O5S/c1-18(21-16-10-11-17-29-21)22-25(31)30-24(28(2,3)36(33,34)26(22)30)27(32)35-23(19-12-6-4-7-13-19)20-14-8-5-9-15-20/h4-17,23-24,26H,1-3H3/b22-18-/t24-,26?/m0/s1. The molecule has 36 heavy (non-hydrogen) atoms. The second kappa shape index (κ2) is 8.71. The van der Waals surface area contributed by atoms with Gasteiger partial charge in [-0.1, -0.05) is 66.7 Å². The summed E-state index contributed by atoms with van der Waals surface area (Å²) in [5.74, 6) is -1.25. The van der Waals surface area contributed by atoms with Crippen LogP contribution in [0.5, 0.6) is 0 Å². The van der Waals surface area contributed by atoms with Crippen molar-refractivity contribution in [2.45, 2.75) is 43.0 Å². The normalized spacial score (nSPS) is 23.1. The molecule has 0 spiro atoms. The van der Waals surface area contributed by atoms with Crippen LogP contribution in [0.3, 0.4) is 0 Å². The maximum Gasteiger partial charge on any atom is 0.331 e. The van der Waals surface area contributed by atoms with Gasteiger partial charge in [0.15, 0.2) is 27.4 Å². The zero-order valence-electron chi connectivity index (χ0n) is 20.2. The molecule has 7 nitrogen and oxygen atoms in total. The number of nitrogens with zero attached hydrogens (tertiary/aromatic N) is 2. The van der Waals surface area contributed by atoms with Gasteiger partial charge in [-0.15, -0.1) is 0 Å². The molecule has 1 aromatic heterocycles. The molecule has 2 aromatic carbocycles. The van der Waals surface area contributed by atoms with E-state index in [-0.39, 0.29) is 5.57 Å². The molecule has 2 aliphatic heterocycles. The average molecular weight is 503 g/mol. The number of aromatic nitrogens is 1.